The molecule has 63 heavy (non-hydrogen) atoms. The van der Waals surface area contributed by atoms with E-state index in [2.05, 4.69) is 27.7 Å². The van der Waals surface area contributed by atoms with Gasteiger partial charge in [0.25, 0.3) is 0 Å². The summed E-state index contributed by atoms with van der Waals surface area (Å²) in [5.74, 6) is 2.04. The molecule has 0 aromatic carbocycles. The van der Waals surface area contributed by atoms with Crippen molar-refractivity contribution in [2.75, 3.05) is 0 Å². The fraction of sp³-hybridized carbons (Fsp3) is 1.00. The third kappa shape index (κ3) is 82.5. The highest BCUT2D eigenvalue weighted by Crippen LogP contribution is 2.22. The van der Waals surface area contributed by atoms with Crippen LogP contribution in [0.25, 0.3) is 0 Å². The van der Waals surface area contributed by atoms with Gasteiger partial charge in [-0.1, -0.05) is 399 Å². The summed E-state index contributed by atoms with van der Waals surface area (Å²) in [4.78, 5) is 0. The minimum atomic E-state index is 1.02. The summed E-state index contributed by atoms with van der Waals surface area (Å²) in [6.07, 6.45) is 70.1. The van der Waals surface area contributed by atoms with E-state index in [1.54, 1.807) is 0 Å². The minimum absolute atomic E-state index is 1.02. The van der Waals surface area contributed by atoms with Crippen LogP contribution in [-0.4, -0.2) is 0 Å². The van der Waals surface area contributed by atoms with Crippen molar-refractivity contribution in [1.82, 2.24) is 0 Å². The highest BCUT2D eigenvalue weighted by atomic mass is 14.1. The van der Waals surface area contributed by atoms with Gasteiger partial charge in [-0.05, 0) is 11.8 Å². The predicted molar refractivity (Wildman–Crippen MR) is 303 cm³/mol. The second kappa shape index (κ2) is 82.1. The maximum atomic E-state index is 2.39. The first kappa shape index (κ1) is 74.5. The SMILES string of the molecule is C1CCCCCCC1.C1CCCCCCC1.C1CCCCCCC1.C1CCCCCCC1.CC.CC.CC.CC.CC.CC1CCCCCCC1.CC1CCCCCCC1.CCC. The van der Waals surface area contributed by atoms with Crippen molar-refractivity contribution in [3.8, 4) is 0 Å². The van der Waals surface area contributed by atoms with E-state index in [1.165, 1.54) is 302 Å². The van der Waals surface area contributed by atoms with Crippen LogP contribution < -0.4 is 0 Å². The van der Waals surface area contributed by atoms with Crippen molar-refractivity contribution in [2.45, 2.75) is 399 Å². The van der Waals surface area contributed by atoms with Gasteiger partial charge in [0.05, 0.1) is 0 Å². The first-order valence-electron chi connectivity index (χ1n) is 31.2. The number of hydrogen-bond donors (Lipinski definition) is 0. The quantitative estimate of drug-likeness (QED) is 0.227. The third-order valence-corrected chi connectivity index (χ3v) is 12.8. The van der Waals surface area contributed by atoms with E-state index in [4.69, 9.17) is 0 Å². The van der Waals surface area contributed by atoms with Gasteiger partial charge in [0.1, 0.15) is 0 Å². The van der Waals surface area contributed by atoms with E-state index in [1.807, 2.05) is 69.2 Å². The molecule has 0 aliphatic heterocycles. The molecule has 0 aromatic rings. The molecule has 0 saturated heterocycles. The standard InChI is InChI=1S/2C9H18.4C8H16.C3H8.5C2H6/c2*1-9-7-5-3-2-4-6-8-9;4*1-2-4-6-8-7-5-3-1;1-3-2;5*1-2/h2*9H,2-8H2,1H3;4*1-8H2;3H2,1-2H3;5*1-2H3. The fourth-order valence-corrected chi connectivity index (χ4v) is 8.98. The van der Waals surface area contributed by atoms with Gasteiger partial charge in [0, 0.05) is 0 Å². The van der Waals surface area contributed by atoms with Crippen molar-refractivity contribution in [3.05, 3.63) is 0 Å². The van der Waals surface area contributed by atoms with Crippen LogP contribution in [0.4, 0.5) is 0 Å². The topological polar surface area (TPSA) is 0 Å². The van der Waals surface area contributed by atoms with E-state index in [0.717, 1.165) is 11.8 Å². The van der Waals surface area contributed by atoms with E-state index >= 15 is 0 Å². The molecule has 6 saturated carbocycles. The molecule has 0 heteroatoms. The summed E-state index contributed by atoms with van der Waals surface area (Å²) in [7, 11) is 0. The van der Waals surface area contributed by atoms with Crippen molar-refractivity contribution < 1.29 is 0 Å². The zero-order valence-electron chi connectivity index (χ0n) is 48.4. The first-order chi connectivity index (χ1) is 31.2. The molecule has 0 atom stereocenters. The summed E-state index contributed by atoms with van der Waals surface area (Å²) >= 11 is 0. The Morgan fingerprint density at radius 1 is 0.175 bits per heavy atom. The molecule has 0 aromatic heterocycles. The molecule has 0 radical (unpaired) electrons. The molecule has 0 bridgehead atoms. The summed E-state index contributed by atoms with van der Waals surface area (Å²) in [6.45, 7) is 29.0. The van der Waals surface area contributed by atoms with Crippen LogP contribution in [0.1, 0.15) is 399 Å². The summed E-state index contributed by atoms with van der Waals surface area (Å²) < 4.78 is 0. The molecule has 0 N–H and O–H groups in total. The van der Waals surface area contributed by atoms with Crippen LogP contribution in [-0.2, 0) is 0 Å². The lowest BCUT2D eigenvalue weighted by Gasteiger charge is -2.13. The van der Waals surface area contributed by atoms with Crippen molar-refractivity contribution >= 4 is 0 Å². The maximum Gasteiger partial charge on any atom is -0.0443 e. The predicted octanol–water partition coefficient (Wildman–Crippen LogP) is 25.8. The Labute approximate surface area is 408 Å². The Hall–Kier alpha value is 0. The van der Waals surface area contributed by atoms with Crippen LogP contribution in [0.3, 0.4) is 0 Å². The lowest BCUT2D eigenvalue weighted by molar-refractivity contribution is 0.404. The van der Waals surface area contributed by atoms with Crippen molar-refractivity contribution in [1.29, 1.82) is 0 Å². The Balaban J connectivity index is -0.000000147. The molecule has 6 aliphatic rings. The smallest absolute Gasteiger partial charge is 0.0443 e. The van der Waals surface area contributed by atoms with Gasteiger partial charge in [0.2, 0.25) is 0 Å². The largest absolute Gasteiger partial charge is 0.0683 e. The van der Waals surface area contributed by atoms with Crippen LogP contribution in [0.5, 0.6) is 0 Å². The highest BCUT2D eigenvalue weighted by Gasteiger charge is 2.05. The first-order valence-corrected chi connectivity index (χ1v) is 31.2. The van der Waals surface area contributed by atoms with Gasteiger partial charge in [-0.25, -0.2) is 0 Å². The zero-order chi connectivity index (χ0) is 48.4. The van der Waals surface area contributed by atoms with Crippen LogP contribution >= 0.6 is 0 Å². The zero-order valence-corrected chi connectivity index (χ0v) is 48.4. The molecule has 6 rings (SSSR count). The van der Waals surface area contributed by atoms with Gasteiger partial charge in [-0.3, -0.25) is 0 Å². The third-order valence-electron chi connectivity index (χ3n) is 12.8. The molecule has 6 fully saturated rings. The highest BCUT2D eigenvalue weighted by molar-refractivity contribution is 4.60. The Kier molecular flexibility index (Phi) is 97.2. The second-order valence-electron chi connectivity index (χ2n) is 18.9. The van der Waals surface area contributed by atoms with Gasteiger partial charge < -0.3 is 0 Å². The average Bonchev–Trinajstić information content (AvgIpc) is 3.25. The van der Waals surface area contributed by atoms with Gasteiger partial charge >= 0.3 is 0 Å². The van der Waals surface area contributed by atoms with E-state index in [9.17, 15) is 0 Å². The van der Waals surface area contributed by atoms with E-state index < -0.39 is 0 Å². The number of hydrogen-bond acceptors (Lipinski definition) is 0. The van der Waals surface area contributed by atoms with Crippen LogP contribution in [0.15, 0.2) is 0 Å². The Bertz CT molecular complexity index is 411. The molecule has 0 amide bonds. The van der Waals surface area contributed by atoms with Gasteiger partial charge in [-0.2, -0.15) is 0 Å². The maximum absolute atomic E-state index is 2.39. The molecule has 0 heterocycles. The van der Waals surface area contributed by atoms with E-state index in [0.29, 0.717) is 0 Å². The average molecular weight is 896 g/mol. The minimum Gasteiger partial charge on any atom is -0.0683 e. The molecule has 390 valence electrons. The second-order valence-corrected chi connectivity index (χ2v) is 18.9. The molecule has 6 aliphatic carbocycles. The molecular weight excluding hydrogens is 757 g/mol. The Morgan fingerprint density at radius 2 is 0.238 bits per heavy atom. The summed E-state index contributed by atoms with van der Waals surface area (Å²) in [5.41, 5.74) is 0. The van der Waals surface area contributed by atoms with Crippen molar-refractivity contribution in [3.63, 3.8) is 0 Å². The lowest BCUT2D eigenvalue weighted by Crippen LogP contribution is -1.97. The van der Waals surface area contributed by atoms with Crippen LogP contribution in [0.2, 0.25) is 0 Å². The van der Waals surface area contributed by atoms with Crippen LogP contribution in [0, 0.1) is 11.8 Å². The van der Waals surface area contributed by atoms with E-state index in [-0.39, 0.29) is 0 Å². The lowest BCUT2D eigenvalue weighted by atomic mass is 9.93. The number of rotatable bonds is 0. The molecule has 0 spiro atoms. The summed E-state index contributed by atoms with van der Waals surface area (Å²) in [6, 6.07) is 0. The Morgan fingerprint density at radius 3 is 0.317 bits per heavy atom. The monoisotopic (exact) mass is 895 g/mol. The molecule has 0 nitrogen and oxygen atoms in total. The molecule has 0 unspecified atom stereocenters. The van der Waals surface area contributed by atoms with Gasteiger partial charge in [0.15, 0.2) is 0 Å². The summed E-state index contributed by atoms with van der Waals surface area (Å²) in [5, 5.41) is 0. The fourth-order valence-electron chi connectivity index (χ4n) is 8.98. The van der Waals surface area contributed by atoms with Crippen molar-refractivity contribution in [2.24, 2.45) is 11.8 Å². The normalized spacial score (nSPS) is 20.1. The van der Waals surface area contributed by atoms with Gasteiger partial charge in [-0.15, -0.1) is 0 Å². The molecular formula is C63H138.